The van der Waals surface area contributed by atoms with E-state index in [1.54, 1.807) is 18.2 Å². The van der Waals surface area contributed by atoms with Crippen molar-refractivity contribution in [3.8, 4) is 17.6 Å². The van der Waals surface area contributed by atoms with Crippen molar-refractivity contribution in [2.75, 3.05) is 5.32 Å². The number of anilines is 1. The molecule has 0 aromatic heterocycles. The lowest BCUT2D eigenvalue weighted by Crippen LogP contribution is -2.05. The second-order valence-corrected chi connectivity index (χ2v) is 6.79. The van der Waals surface area contributed by atoms with Crippen LogP contribution in [-0.2, 0) is 6.42 Å². The smallest absolute Gasteiger partial charge is 0.129 e. The van der Waals surface area contributed by atoms with Gasteiger partial charge in [-0.1, -0.05) is 38.3 Å². The van der Waals surface area contributed by atoms with Crippen molar-refractivity contribution in [3.05, 3.63) is 108 Å². The predicted molar refractivity (Wildman–Crippen MR) is 129 cm³/mol. The fourth-order valence-electron chi connectivity index (χ4n) is 3.04. The molecule has 0 bridgehead atoms. The van der Waals surface area contributed by atoms with Crippen LogP contribution in [0.1, 0.15) is 30.5 Å². The quantitative estimate of drug-likeness (QED) is 0.269. The molecule has 0 saturated carbocycles. The lowest BCUT2D eigenvalue weighted by atomic mass is 9.97. The fourth-order valence-corrected chi connectivity index (χ4v) is 3.04. The molecule has 2 N–H and O–H groups in total. The van der Waals surface area contributed by atoms with Crippen LogP contribution in [-0.4, -0.2) is 5.11 Å². The Labute approximate surface area is 184 Å². The van der Waals surface area contributed by atoms with Crippen LogP contribution in [0.3, 0.4) is 0 Å². The first-order valence-corrected chi connectivity index (χ1v) is 10.1. The number of phenols is 1. The van der Waals surface area contributed by atoms with Crippen molar-refractivity contribution in [2.45, 2.75) is 27.2 Å². The first kappa shape index (κ1) is 23.3. The van der Waals surface area contributed by atoms with E-state index < -0.39 is 0 Å². The largest absolute Gasteiger partial charge is 0.508 e. The van der Waals surface area contributed by atoms with Gasteiger partial charge in [0.05, 0.1) is 11.3 Å². The Morgan fingerprint density at radius 1 is 1.26 bits per heavy atom. The molecule has 4 nitrogen and oxygen atoms in total. The van der Waals surface area contributed by atoms with Crippen molar-refractivity contribution in [1.29, 1.82) is 5.26 Å². The summed E-state index contributed by atoms with van der Waals surface area (Å²) in [6.45, 7) is 13.2. The number of nitrogens with zero attached hydrogens (tertiary/aromatic N) is 1. The van der Waals surface area contributed by atoms with Crippen LogP contribution in [0.4, 0.5) is 5.69 Å². The third-order valence-electron chi connectivity index (χ3n) is 4.69. The molecule has 0 heterocycles. The van der Waals surface area contributed by atoms with Crippen LogP contribution >= 0.6 is 0 Å². The molecule has 0 amide bonds. The van der Waals surface area contributed by atoms with E-state index in [1.807, 2.05) is 63.3 Å². The second-order valence-electron chi connectivity index (χ2n) is 6.79. The molecule has 0 aliphatic carbocycles. The van der Waals surface area contributed by atoms with Gasteiger partial charge in [-0.15, -0.1) is 0 Å². The minimum Gasteiger partial charge on any atom is -0.508 e. The summed E-state index contributed by atoms with van der Waals surface area (Å²) in [6.07, 6.45) is 9.39. The molecule has 4 heteroatoms. The summed E-state index contributed by atoms with van der Waals surface area (Å²) in [6, 6.07) is 13.3. The molecular weight excluding hydrogens is 384 g/mol. The maximum Gasteiger partial charge on any atom is 0.129 e. The van der Waals surface area contributed by atoms with Gasteiger partial charge < -0.3 is 15.2 Å². The van der Waals surface area contributed by atoms with Gasteiger partial charge in [-0.3, -0.25) is 0 Å². The summed E-state index contributed by atoms with van der Waals surface area (Å²) in [5, 5.41) is 23.2. The number of allylic oxidation sites excluding steroid dienone is 6. The molecule has 158 valence electrons. The SMILES string of the molecule is C=C/C=C\C(=C/C)Oc1cccc(N/C(=C(\C#N)C=C)c2cc(CC)c(O)cc2C)c1. The Morgan fingerprint density at radius 2 is 2.03 bits per heavy atom. The van der Waals surface area contributed by atoms with E-state index in [9.17, 15) is 10.4 Å². The number of nitrogens with one attached hydrogen (secondary N) is 1. The highest BCUT2D eigenvalue weighted by Gasteiger charge is 2.14. The lowest BCUT2D eigenvalue weighted by Gasteiger charge is -2.17. The Morgan fingerprint density at radius 3 is 2.65 bits per heavy atom. The standard InChI is InChI=1S/C27H28N2O2/c1-6-10-13-23(9-4)31-24-14-11-12-22(17-24)29-27(21(8-3)18-28)25-16-20(7-2)26(30)15-19(25)5/h6,8-17,29-30H,1,3,7H2,2,4-5H3/b13-10-,23-9+,27-21-. The van der Waals surface area contributed by atoms with E-state index in [0.29, 0.717) is 29.2 Å². The molecule has 0 atom stereocenters. The zero-order valence-electron chi connectivity index (χ0n) is 18.3. The van der Waals surface area contributed by atoms with Crippen molar-refractivity contribution >= 4 is 11.4 Å². The van der Waals surface area contributed by atoms with Crippen LogP contribution in [0.25, 0.3) is 5.70 Å². The number of aryl methyl sites for hydroxylation is 2. The highest BCUT2D eigenvalue weighted by molar-refractivity contribution is 5.84. The minimum absolute atomic E-state index is 0.252. The van der Waals surface area contributed by atoms with Crippen LogP contribution in [0.2, 0.25) is 0 Å². The Hall–Kier alpha value is -3.97. The van der Waals surface area contributed by atoms with Crippen molar-refractivity contribution in [1.82, 2.24) is 0 Å². The third kappa shape index (κ3) is 6.01. The normalized spacial score (nSPS) is 12.1. The number of hydrogen-bond donors (Lipinski definition) is 2. The molecule has 2 aromatic rings. The van der Waals surface area contributed by atoms with Gasteiger partial charge in [-0.25, -0.2) is 0 Å². The van der Waals surface area contributed by atoms with Crippen LogP contribution in [0.15, 0.2) is 91.3 Å². The average Bonchev–Trinajstić information content (AvgIpc) is 2.77. The number of ether oxygens (including phenoxy) is 1. The zero-order chi connectivity index (χ0) is 22.8. The zero-order valence-corrected chi connectivity index (χ0v) is 18.3. The minimum atomic E-state index is 0.252. The molecular formula is C27H28N2O2. The van der Waals surface area contributed by atoms with E-state index in [4.69, 9.17) is 4.74 Å². The van der Waals surface area contributed by atoms with E-state index in [1.165, 1.54) is 6.08 Å². The van der Waals surface area contributed by atoms with Gasteiger partial charge >= 0.3 is 0 Å². The molecule has 0 aliphatic rings. The average molecular weight is 413 g/mol. The molecule has 0 radical (unpaired) electrons. The summed E-state index contributed by atoms with van der Waals surface area (Å²) in [4.78, 5) is 0. The summed E-state index contributed by atoms with van der Waals surface area (Å²) in [5.74, 6) is 1.60. The predicted octanol–water partition coefficient (Wildman–Crippen LogP) is 6.82. The first-order valence-electron chi connectivity index (χ1n) is 10.1. The molecule has 0 aliphatic heterocycles. The van der Waals surface area contributed by atoms with Gasteiger partial charge in [-0.05, 0) is 73.9 Å². The molecule has 0 unspecified atom stereocenters. The number of hydrogen-bond acceptors (Lipinski definition) is 4. The highest BCUT2D eigenvalue weighted by Crippen LogP contribution is 2.31. The van der Waals surface area contributed by atoms with Gasteiger partial charge in [0.2, 0.25) is 0 Å². The Kier molecular flexibility index (Phi) is 8.48. The lowest BCUT2D eigenvalue weighted by molar-refractivity contribution is 0.443. The fraction of sp³-hybridized carbons (Fsp3) is 0.148. The molecule has 0 spiro atoms. The molecule has 0 saturated heterocycles. The second kappa shape index (κ2) is 11.3. The molecule has 0 fully saturated rings. The summed E-state index contributed by atoms with van der Waals surface area (Å²) in [7, 11) is 0. The summed E-state index contributed by atoms with van der Waals surface area (Å²) in [5.41, 5.74) is 4.29. The van der Waals surface area contributed by atoms with E-state index in [-0.39, 0.29) is 5.75 Å². The van der Waals surface area contributed by atoms with E-state index in [0.717, 1.165) is 22.4 Å². The number of rotatable bonds is 9. The van der Waals surface area contributed by atoms with Gasteiger partial charge in [0.25, 0.3) is 0 Å². The van der Waals surface area contributed by atoms with Crippen LogP contribution < -0.4 is 10.1 Å². The number of phenolic OH excluding ortho intramolecular Hbond substituents is 1. The van der Waals surface area contributed by atoms with Crippen molar-refractivity contribution < 1.29 is 9.84 Å². The topological polar surface area (TPSA) is 65.3 Å². The third-order valence-corrected chi connectivity index (χ3v) is 4.69. The van der Waals surface area contributed by atoms with Gasteiger partial charge in [0.15, 0.2) is 0 Å². The van der Waals surface area contributed by atoms with Gasteiger partial charge in [0.1, 0.15) is 23.3 Å². The van der Waals surface area contributed by atoms with Crippen molar-refractivity contribution in [2.24, 2.45) is 0 Å². The molecule has 2 aromatic carbocycles. The van der Waals surface area contributed by atoms with Gasteiger partial charge in [-0.2, -0.15) is 5.26 Å². The summed E-state index contributed by atoms with van der Waals surface area (Å²) < 4.78 is 5.94. The Balaban J connectivity index is 2.49. The van der Waals surface area contributed by atoms with Crippen LogP contribution in [0, 0.1) is 18.3 Å². The van der Waals surface area contributed by atoms with E-state index >= 15 is 0 Å². The highest BCUT2D eigenvalue weighted by atomic mass is 16.5. The molecule has 2 rings (SSSR count). The van der Waals surface area contributed by atoms with Crippen molar-refractivity contribution in [3.63, 3.8) is 0 Å². The number of nitriles is 1. The Bertz CT molecular complexity index is 1100. The van der Waals surface area contributed by atoms with E-state index in [2.05, 4.69) is 24.5 Å². The maximum absolute atomic E-state index is 10.2. The monoisotopic (exact) mass is 412 g/mol. The number of benzene rings is 2. The summed E-state index contributed by atoms with van der Waals surface area (Å²) >= 11 is 0. The number of aromatic hydroxyl groups is 1. The maximum atomic E-state index is 10.2. The molecule has 31 heavy (non-hydrogen) atoms. The first-order chi connectivity index (χ1) is 15.0. The van der Waals surface area contributed by atoms with Crippen LogP contribution in [0.5, 0.6) is 11.5 Å². The van der Waals surface area contributed by atoms with Gasteiger partial charge in [0, 0.05) is 17.3 Å².